The number of aromatic amines is 1. The van der Waals surface area contributed by atoms with E-state index in [0.717, 1.165) is 25.9 Å². The summed E-state index contributed by atoms with van der Waals surface area (Å²) >= 11 is 0. The van der Waals surface area contributed by atoms with E-state index in [0.29, 0.717) is 45.6 Å². The van der Waals surface area contributed by atoms with Crippen molar-refractivity contribution < 1.29 is 18.5 Å². The average molecular weight is 477 g/mol. The minimum absolute atomic E-state index is 0.165. The summed E-state index contributed by atoms with van der Waals surface area (Å²) in [7, 11) is 2.04. The molecule has 2 N–H and O–H groups in total. The Hall–Kier alpha value is -3.78. The van der Waals surface area contributed by atoms with Gasteiger partial charge in [-0.15, -0.1) is 0 Å². The number of hydrogen-bond acceptors (Lipinski definition) is 5. The summed E-state index contributed by atoms with van der Waals surface area (Å²) in [6, 6.07) is 11.1. The minimum Gasteiger partial charge on any atom is -0.360 e. The number of unbranched alkanes of at least 4 members (excludes halogenated alkanes) is 1. The quantitative estimate of drug-likeness (QED) is 0.316. The van der Waals surface area contributed by atoms with Gasteiger partial charge in [-0.1, -0.05) is 36.7 Å². The highest BCUT2D eigenvalue weighted by Gasteiger charge is 2.25. The Morgan fingerprint density at radius 1 is 1.17 bits per heavy atom. The highest BCUT2D eigenvalue weighted by atomic mass is 19.1. The molecule has 182 valence electrons. The number of rotatable bonds is 10. The third kappa shape index (κ3) is 5.33. The number of carbonyl (C=O) groups is 2. The fraction of sp³-hybridized carbons (Fsp3) is 0.296. The van der Waals surface area contributed by atoms with E-state index >= 15 is 0 Å². The molecule has 4 rings (SSSR count). The Morgan fingerprint density at radius 2 is 2.00 bits per heavy atom. The van der Waals surface area contributed by atoms with Crippen LogP contribution >= 0.6 is 0 Å². The molecule has 0 saturated carbocycles. The van der Waals surface area contributed by atoms with Crippen LogP contribution in [0.15, 0.2) is 53.2 Å². The standard InChI is InChI=1S/C27H29FN4O3/c1-4-5-12-32(3)13-11-29-27(34)19-9-10-21-22(16-30-23(21)15-19)26(33)24-17(2)35-31-25(24)18-7-6-8-20(28)14-18/h6-10,14-16,30H,4-5,11-13H2,1-3H3,(H,29,34). The second kappa shape index (κ2) is 10.7. The number of hydrogen-bond donors (Lipinski definition) is 2. The van der Waals surface area contributed by atoms with Gasteiger partial charge >= 0.3 is 0 Å². The smallest absolute Gasteiger partial charge is 0.251 e. The van der Waals surface area contributed by atoms with Gasteiger partial charge in [-0.05, 0) is 51.2 Å². The molecule has 0 radical (unpaired) electrons. The molecule has 0 aliphatic heterocycles. The SMILES string of the molecule is CCCCN(C)CCNC(=O)c1ccc2c(C(=O)c3c(-c4cccc(F)c4)noc3C)c[nH]c2c1. The van der Waals surface area contributed by atoms with Crippen molar-refractivity contribution in [3.63, 3.8) is 0 Å². The number of nitrogens with zero attached hydrogens (tertiary/aromatic N) is 2. The summed E-state index contributed by atoms with van der Waals surface area (Å²) in [5.74, 6) is -0.529. The van der Waals surface area contributed by atoms with Crippen LogP contribution in [0.2, 0.25) is 0 Å². The first-order chi connectivity index (χ1) is 16.9. The van der Waals surface area contributed by atoms with Crippen LogP contribution in [0.5, 0.6) is 0 Å². The molecule has 2 heterocycles. The van der Waals surface area contributed by atoms with E-state index in [4.69, 9.17) is 4.52 Å². The molecule has 0 aliphatic carbocycles. The largest absolute Gasteiger partial charge is 0.360 e. The number of benzene rings is 2. The maximum atomic E-state index is 13.8. The number of aromatic nitrogens is 2. The highest BCUT2D eigenvalue weighted by Crippen LogP contribution is 2.30. The van der Waals surface area contributed by atoms with Crippen molar-refractivity contribution in [2.24, 2.45) is 0 Å². The van der Waals surface area contributed by atoms with Crippen LogP contribution in [0.3, 0.4) is 0 Å². The van der Waals surface area contributed by atoms with Crippen molar-refractivity contribution in [1.29, 1.82) is 0 Å². The molecule has 2 aromatic carbocycles. The topological polar surface area (TPSA) is 91.2 Å². The molecule has 0 bridgehead atoms. The molecule has 8 heteroatoms. The van der Waals surface area contributed by atoms with Crippen LogP contribution in [0.25, 0.3) is 22.2 Å². The average Bonchev–Trinajstić information content (AvgIpc) is 3.45. The number of likely N-dealkylation sites (N-methyl/N-ethyl adjacent to an activating group) is 1. The predicted molar refractivity (Wildman–Crippen MR) is 133 cm³/mol. The van der Waals surface area contributed by atoms with Crippen LogP contribution in [0, 0.1) is 12.7 Å². The zero-order chi connectivity index (χ0) is 24.9. The van der Waals surface area contributed by atoms with Gasteiger partial charge in [0.05, 0.1) is 5.56 Å². The second-order valence-electron chi connectivity index (χ2n) is 8.68. The molecular formula is C27H29FN4O3. The van der Waals surface area contributed by atoms with Crippen LogP contribution in [-0.2, 0) is 0 Å². The van der Waals surface area contributed by atoms with E-state index in [1.165, 1.54) is 12.1 Å². The first kappa shape index (κ1) is 24.3. The molecule has 0 aliphatic rings. The summed E-state index contributed by atoms with van der Waals surface area (Å²) in [6.45, 7) is 6.15. The van der Waals surface area contributed by atoms with Gasteiger partial charge in [-0.3, -0.25) is 9.59 Å². The van der Waals surface area contributed by atoms with Crippen LogP contribution in [0.4, 0.5) is 4.39 Å². The van der Waals surface area contributed by atoms with Gasteiger partial charge in [-0.25, -0.2) is 4.39 Å². The Labute approximate surface area is 203 Å². The number of halogens is 1. The Morgan fingerprint density at radius 3 is 2.77 bits per heavy atom. The van der Waals surface area contributed by atoms with E-state index < -0.39 is 5.82 Å². The normalized spacial score (nSPS) is 11.3. The van der Waals surface area contributed by atoms with Gasteiger partial charge < -0.3 is 19.7 Å². The lowest BCUT2D eigenvalue weighted by Crippen LogP contribution is -2.33. The third-order valence-electron chi connectivity index (χ3n) is 6.05. The summed E-state index contributed by atoms with van der Waals surface area (Å²) in [5, 5.41) is 7.63. The number of nitrogens with one attached hydrogen (secondary N) is 2. The molecule has 2 aromatic heterocycles. The van der Waals surface area contributed by atoms with Gasteiger partial charge in [0.15, 0.2) is 0 Å². The maximum absolute atomic E-state index is 13.8. The number of H-pyrrole nitrogens is 1. The molecule has 0 spiro atoms. The van der Waals surface area contributed by atoms with E-state index in [1.54, 1.807) is 43.5 Å². The first-order valence-electron chi connectivity index (χ1n) is 11.7. The summed E-state index contributed by atoms with van der Waals surface area (Å²) in [5.41, 5.74) is 2.64. The minimum atomic E-state index is -0.424. The fourth-order valence-corrected chi connectivity index (χ4v) is 4.06. The maximum Gasteiger partial charge on any atom is 0.251 e. The van der Waals surface area contributed by atoms with E-state index in [-0.39, 0.29) is 17.3 Å². The van der Waals surface area contributed by atoms with Gasteiger partial charge in [0.25, 0.3) is 5.91 Å². The van der Waals surface area contributed by atoms with Crippen LogP contribution in [0.1, 0.15) is 51.8 Å². The van der Waals surface area contributed by atoms with Crippen molar-refractivity contribution in [3.8, 4) is 11.3 Å². The lowest BCUT2D eigenvalue weighted by Gasteiger charge is -2.16. The van der Waals surface area contributed by atoms with Crippen LogP contribution < -0.4 is 5.32 Å². The van der Waals surface area contributed by atoms with Gasteiger partial charge in [0.2, 0.25) is 5.78 Å². The summed E-state index contributed by atoms with van der Waals surface area (Å²) in [4.78, 5) is 31.4. The molecule has 0 saturated heterocycles. The van der Waals surface area contributed by atoms with Crippen molar-refractivity contribution in [2.75, 3.05) is 26.7 Å². The first-order valence-corrected chi connectivity index (χ1v) is 11.7. The lowest BCUT2D eigenvalue weighted by atomic mass is 9.97. The molecule has 0 fully saturated rings. The van der Waals surface area contributed by atoms with Crippen molar-refractivity contribution >= 4 is 22.6 Å². The Kier molecular flexibility index (Phi) is 7.41. The van der Waals surface area contributed by atoms with Crippen molar-refractivity contribution in [2.45, 2.75) is 26.7 Å². The summed E-state index contributed by atoms with van der Waals surface area (Å²) < 4.78 is 19.0. The summed E-state index contributed by atoms with van der Waals surface area (Å²) in [6.07, 6.45) is 3.88. The number of amides is 1. The monoisotopic (exact) mass is 476 g/mol. The fourth-order valence-electron chi connectivity index (χ4n) is 4.06. The van der Waals surface area contributed by atoms with E-state index in [9.17, 15) is 14.0 Å². The number of ketones is 1. The number of fused-ring (bicyclic) bond motifs is 1. The molecule has 7 nitrogen and oxygen atoms in total. The second-order valence-corrected chi connectivity index (χ2v) is 8.68. The van der Waals surface area contributed by atoms with Crippen LogP contribution in [-0.4, -0.2) is 53.4 Å². The molecule has 0 atom stereocenters. The highest BCUT2D eigenvalue weighted by molar-refractivity contribution is 6.19. The predicted octanol–water partition coefficient (Wildman–Crippen LogP) is 4.96. The molecule has 35 heavy (non-hydrogen) atoms. The zero-order valence-corrected chi connectivity index (χ0v) is 20.2. The third-order valence-corrected chi connectivity index (χ3v) is 6.05. The van der Waals surface area contributed by atoms with E-state index in [1.807, 2.05) is 7.05 Å². The Balaban J connectivity index is 1.53. The van der Waals surface area contributed by atoms with Gasteiger partial charge in [0, 0.05) is 46.9 Å². The zero-order valence-electron chi connectivity index (χ0n) is 20.2. The molecule has 4 aromatic rings. The number of aryl methyl sites for hydroxylation is 1. The molecule has 1 amide bonds. The van der Waals surface area contributed by atoms with Crippen molar-refractivity contribution in [1.82, 2.24) is 20.4 Å². The van der Waals surface area contributed by atoms with Gasteiger partial charge in [0.1, 0.15) is 17.3 Å². The molecular weight excluding hydrogens is 447 g/mol. The molecule has 0 unspecified atom stereocenters. The van der Waals surface area contributed by atoms with Gasteiger partial charge in [-0.2, -0.15) is 0 Å². The lowest BCUT2D eigenvalue weighted by molar-refractivity contribution is 0.0949. The van der Waals surface area contributed by atoms with E-state index in [2.05, 4.69) is 27.3 Å². The van der Waals surface area contributed by atoms with Crippen molar-refractivity contribution in [3.05, 3.63) is 76.9 Å². The Bertz CT molecular complexity index is 1360. The number of carbonyl (C=O) groups excluding carboxylic acids is 2.